The second kappa shape index (κ2) is 4.16. The van der Waals surface area contributed by atoms with Crippen molar-refractivity contribution in [3.63, 3.8) is 0 Å². The van der Waals surface area contributed by atoms with Crippen LogP contribution >= 0.6 is 0 Å². The Kier molecular flexibility index (Phi) is 2.69. The van der Waals surface area contributed by atoms with Crippen LogP contribution in [0.3, 0.4) is 0 Å². The smallest absolute Gasteiger partial charge is 0.373 e. The fourth-order valence-corrected chi connectivity index (χ4v) is 1.44. The van der Waals surface area contributed by atoms with Crippen molar-refractivity contribution in [2.45, 2.75) is 6.92 Å². The fraction of sp³-hybridized carbons (Fsp3) is 0.222. The summed E-state index contributed by atoms with van der Waals surface area (Å²) in [5.74, 6) is 0.652. The molecule has 0 aliphatic carbocycles. The zero-order valence-electron chi connectivity index (χ0n) is 9.19. The Morgan fingerprint density at radius 2 is 2.18 bits per heavy atom. The van der Waals surface area contributed by atoms with Crippen LogP contribution in [0, 0.1) is 17.0 Å². The van der Waals surface area contributed by atoms with Gasteiger partial charge < -0.3 is 4.74 Å². The van der Waals surface area contributed by atoms with Crippen molar-refractivity contribution in [1.29, 1.82) is 0 Å². The monoisotopic (exact) mass is 235 g/mol. The first-order valence-electron chi connectivity index (χ1n) is 4.69. The highest BCUT2D eigenvalue weighted by Crippen LogP contribution is 2.29. The molecular formula is C9H9N5O3. The van der Waals surface area contributed by atoms with Gasteiger partial charge in [0.2, 0.25) is 5.82 Å². The Labute approximate surface area is 96.1 Å². The van der Waals surface area contributed by atoms with Crippen LogP contribution in [0.5, 0.6) is 5.88 Å². The summed E-state index contributed by atoms with van der Waals surface area (Å²) in [6, 6.07) is 0. The minimum absolute atomic E-state index is 0.0758. The first-order valence-corrected chi connectivity index (χ1v) is 4.69. The van der Waals surface area contributed by atoms with Crippen LogP contribution in [0.25, 0.3) is 5.82 Å². The van der Waals surface area contributed by atoms with E-state index in [4.69, 9.17) is 4.74 Å². The van der Waals surface area contributed by atoms with E-state index < -0.39 is 4.92 Å². The molecule has 0 spiro atoms. The van der Waals surface area contributed by atoms with E-state index in [1.165, 1.54) is 24.2 Å². The van der Waals surface area contributed by atoms with E-state index in [0.29, 0.717) is 5.82 Å². The Bertz CT molecular complexity index is 566. The third-order valence-corrected chi connectivity index (χ3v) is 2.20. The highest BCUT2D eigenvalue weighted by Gasteiger charge is 2.25. The molecular weight excluding hydrogens is 226 g/mol. The second-order valence-electron chi connectivity index (χ2n) is 3.16. The van der Waals surface area contributed by atoms with Crippen LogP contribution in [0.4, 0.5) is 5.69 Å². The predicted octanol–water partition coefficient (Wildman–Crippen LogP) is 0.888. The third-order valence-electron chi connectivity index (χ3n) is 2.20. The van der Waals surface area contributed by atoms with E-state index in [2.05, 4.69) is 15.0 Å². The molecule has 0 atom stereocenters. The maximum absolute atomic E-state index is 11.0. The molecule has 0 amide bonds. The first kappa shape index (κ1) is 11.0. The molecule has 2 aromatic heterocycles. The summed E-state index contributed by atoms with van der Waals surface area (Å²) in [4.78, 5) is 22.0. The van der Waals surface area contributed by atoms with Gasteiger partial charge in [-0.3, -0.25) is 14.7 Å². The fourth-order valence-electron chi connectivity index (χ4n) is 1.44. The molecule has 0 saturated heterocycles. The average molecular weight is 235 g/mol. The Hall–Kier alpha value is -2.51. The van der Waals surface area contributed by atoms with E-state index >= 15 is 0 Å². The van der Waals surface area contributed by atoms with Gasteiger partial charge in [-0.25, -0.2) is 9.97 Å². The normalized spacial score (nSPS) is 10.2. The SMILES string of the molecule is COc1ncnc(-n2ccnc2C)c1[N+](=O)[O-]. The van der Waals surface area contributed by atoms with E-state index in [1.54, 1.807) is 13.1 Å². The Morgan fingerprint density at radius 1 is 1.41 bits per heavy atom. The van der Waals surface area contributed by atoms with Crippen molar-refractivity contribution in [1.82, 2.24) is 19.5 Å². The second-order valence-corrected chi connectivity index (χ2v) is 3.16. The van der Waals surface area contributed by atoms with Crippen molar-refractivity contribution >= 4 is 5.69 Å². The quantitative estimate of drug-likeness (QED) is 0.579. The topological polar surface area (TPSA) is 96.0 Å². The van der Waals surface area contributed by atoms with Gasteiger partial charge in [0.15, 0.2) is 0 Å². The van der Waals surface area contributed by atoms with Gasteiger partial charge in [0.1, 0.15) is 12.2 Å². The van der Waals surface area contributed by atoms with Gasteiger partial charge in [0.05, 0.1) is 12.0 Å². The Balaban J connectivity index is 2.70. The van der Waals surface area contributed by atoms with E-state index in [1.807, 2.05) is 0 Å². The summed E-state index contributed by atoms with van der Waals surface area (Å²) < 4.78 is 6.36. The van der Waals surface area contributed by atoms with Crippen molar-refractivity contribution in [2.24, 2.45) is 0 Å². The van der Waals surface area contributed by atoms with Crippen LogP contribution in [0.2, 0.25) is 0 Å². The molecule has 8 heteroatoms. The van der Waals surface area contributed by atoms with Gasteiger partial charge in [-0.05, 0) is 6.92 Å². The van der Waals surface area contributed by atoms with E-state index in [0.717, 1.165) is 0 Å². The highest BCUT2D eigenvalue weighted by molar-refractivity contribution is 5.54. The van der Waals surface area contributed by atoms with Crippen molar-refractivity contribution in [2.75, 3.05) is 7.11 Å². The van der Waals surface area contributed by atoms with Crippen LogP contribution in [-0.2, 0) is 0 Å². The number of imidazole rings is 1. The number of ether oxygens (including phenoxy) is 1. The van der Waals surface area contributed by atoms with Gasteiger partial charge >= 0.3 is 5.69 Å². The summed E-state index contributed by atoms with van der Waals surface area (Å²) in [6.45, 7) is 1.72. The first-order chi connectivity index (χ1) is 8.15. The molecule has 17 heavy (non-hydrogen) atoms. The number of hydrogen-bond acceptors (Lipinski definition) is 6. The van der Waals surface area contributed by atoms with E-state index in [-0.39, 0.29) is 17.4 Å². The van der Waals surface area contributed by atoms with Crippen molar-refractivity contribution in [3.05, 3.63) is 34.7 Å². The van der Waals surface area contributed by atoms with Crippen LogP contribution < -0.4 is 4.74 Å². The van der Waals surface area contributed by atoms with Crippen LogP contribution in [0.1, 0.15) is 5.82 Å². The zero-order valence-corrected chi connectivity index (χ0v) is 9.19. The molecule has 0 saturated carbocycles. The standard InChI is InChI=1S/C9H9N5O3/c1-6-10-3-4-13(6)8-7(14(15)16)9(17-2)12-5-11-8/h3-5H,1-2H3. The van der Waals surface area contributed by atoms with Gasteiger partial charge in [0, 0.05) is 12.4 Å². The van der Waals surface area contributed by atoms with Gasteiger partial charge in [-0.1, -0.05) is 0 Å². The zero-order chi connectivity index (χ0) is 12.4. The van der Waals surface area contributed by atoms with Crippen molar-refractivity contribution < 1.29 is 9.66 Å². The third kappa shape index (κ3) is 1.80. The summed E-state index contributed by atoms with van der Waals surface area (Å²) in [7, 11) is 1.32. The van der Waals surface area contributed by atoms with Crippen LogP contribution in [0.15, 0.2) is 18.7 Å². The molecule has 0 unspecified atom stereocenters. The average Bonchev–Trinajstić information content (AvgIpc) is 2.74. The molecule has 2 heterocycles. The minimum Gasteiger partial charge on any atom is -0.476 e. The lowest BCUT2D eigenvalue weighted by atomic mass is 10.4. The molecule has 88 valence electrons. The minimum atomic E-state index is -0.576. The number of aromatic nitrogens is 4. The van der Waals surface area contributed by atoms with Gasteiger partial charge in [-0.2, -0.15) is 4.98 Å². The molecule has 2 rings (SSSR count). The number of rotatable bonds is 3. The summed E-state index contributed by atoms with van der Waals surface area (Å²) in [5.41, 5.74) is -0.281. The number of hydrogen-bond donors (Lipinski definition) is 0. The highest BCUT2D eigenvalue weighted by atomic mass is 16.6. The maximum Gasteiger partial charge on any atom is 0.373 e. The molecule has 0 N–H and O–H groups in total. The molecule has 0 aliphatic rings. The molecule has 0 bridgehead atoms. The van der Waals surface area contributed by atoms with E-state index in [9.17, 15) is 10.1 Å². The molecule has 0 aromatic carbocycles. The molecule has 0 fully saturated rings. The van der Waals surface area contributed by atoms with Crippen LogP contribution in [-0.4, -0.2) is 31.6 Å². The summed E-state index contributed by atoms with van der Waals surface area (Å²) >= 11 is 0. The molecule has 0 radical (unpaired) electrons. The molecule has 2 aromatic rings. The molecule has 0 aliphatic heterocycles. The number of nitrogens with zero attached hydrogens (tertiary/aromatic N) is 5. The summed E-state index contributed by atoms with van der Waals surface area (Å²) in [5, 5.41) is 11.0. The lowest BCUT2D eigenvalue weighted by Crippen LogP contribution is -2.06. The van der Waals surface area contributed by atoms with Gasteiger partial charge in [-0.15, -0.1) is 0 Å². The predicted molar refractivity (Wildman–Crippen MR) is 57.1 cm³/mol. The van der Waals surface area contributed by atoms with Crippen molar-refractivity contribution in [3.8, 4) is 11.7 Å². The number of aryl methyl sites for hydroxylation is 1. The lowest BCUT2D eigenvalue weighted by molar-refractivity contribution is -0.386. The lowest BCUT2D eigenvalue weighted by Gasteiger charge is -2.06. The number of nitro groups is 1. The van der Waals surface area contributed by atoms with Gasteiger partial charge in [0.25, 0.3) is 5.88 Å². The largest absolute Gasteiger partial charge is 0.476 e. The maximum atomic E-state index is 11.0. The number of methoxy groups -OCH3 is 1. The summed E-state index contributed by atoms with van der Waals surface area (Å²) in [6.07, 6.45) is 4.33. The Morgan fingerprint density at radius 3 is 2.71 bits per heavy atom. The molecule has 8 nitrogen and oxygen atoms in total.